The Morgan fingerprint density at radius 3 is 2.37 bits per heavy atom. The van der Waals surface area contributed by atoms with Crippen LogP contribution in [-0.2, 0) is 14.4 Å². The van der Waals surface area contributed by atoms with Gasteiger partial charge in [-0.1, -0.05) is 43.0 Å². The lowest BCUT2D eigenvalue weighted by Crippen LogP contribution is -2.61. The zero-order chi connectivity index (χ0) is 26.6. The van der Waals surface area contributed by atoms with Gasteiger partial charge in [0.15, 0.2) is 0 Å². The standard InChI is InChI=1S/C29H39IN4O4/c1-19(32-38-17-28(36)37)29(30)31-26-10-2-3-11-27(26)33(18-35)24-15-22-8-5-9-23(16-24)34(22)25-13-20-6-4-7-21(12-20)14-25/h2-3,10-11,18,20-25H,4-9,12-17H2,1H3,(H,36,37)/b31-29?,32-19+. The highest BCUT2D eigenvalue weighted by Crippen LogP contribution is 2.47. The zero-order valence-corrected chi connectivity index (χ0v) is 24.3. The molecule has 0 aromatic heterocycles. The largest absolute Gasteiger partial charge is 0.479 e. The summed E-state index contributed by atoms with van der Waals surface area (Å²) in [6, 6.07) is 9.73. The molecule has 2 heterocycles. The van der Waals surface area contributed by atoms with Crippen LogP contribution < -0.4 is 4.90 Å². The Bertz CT molecular complexity index is 1050. The van der Waals surface area contributed by atoms with Gasteiger partial charge in [0.2, 0.25) is 13.0 Å². The molecule has 4 unspecified atom stereocenters. The summed E-state index contributed by atoms with van der Waals surface area (Å²) in [7, 11) is 0. The highest BCUT2D eigenvalue weighted by atomic mass is 127. The fourth-order valence-corrected chi connectivity index (χ4v) is 8.04. The molecule has 0 radical (unpaired) electrons. The number of nitrogens with zero attached hydrogens (tertiary/aromatic N) is 4. The molecule has 1 amide bonds. The number of amides is 1. The molecule has 8 nitrogen and oxygen atoms in total. The Kier molecular flexibility index (Phi) is 9.02. The number of oxime groups is 1. The Labute approximate surface area is 239 Å². The summed E-state index contributed by atoms with van der Waals surface area (Å²) in [6.07, 6.45) is 15.2. The number of aliphatic carboxylic acids is 1. The van der Waals surface area contributed by atoms with Crippen LogP contribution in [-0.4, -0.2) is 62.6 Å². The van der Waals surface area contributed by atoms with Crippen LogP contribution in [0.4, 0.5) is 11.4 Å². The van der Waals surface area contributed by atoms with Gasteiger partial charge in [-0.15, -0.1) is 0 Å². The van der Waals surface area contributed by atoms with Crippen LogP contribution in [0.1, 0.15) is 77.6 Å². The molecule has 38 heavy (non-hydrogen) atoms. The maximum atomic E-state index is 12.6. The number of carbonyl (C=O) groups excluding carboxylic acids is 1. The van der Waals surface area contributed by atoms with Crippen molar-refractivity contribution >= 4 is 55.8 Å². The topological polar surface area (TPSA) is 94.8 Å². The van der Waals surface area contributed by atoms with Crippen LogP contribution in [0.5, 0.6) is 0 Å². The van der Waals surface area contributed by atoms with E-state index in [1.165, 1.54) is 57.8 Å². The van der Waals surface area contributed by atoms with E-state index in [9.17, 15) is 9.59 Å². The van der Waals surface area contributed by atoms with Crippen molar-refractivity contribution in [1.82, 2.24) is 4.90 Å². The number of carboxylic acids is 1. The first-order valence-corrected chi connectivity index (χ1v) is 15.2. The van der Waals surface area contributed by atoms with E-state index < -0.39 is 12.6 Å². The first-order valence-electron chi connectivity index (χ1n) is 14.2. The molecule has 4 aliphatic rings. The third-order valence-electron chi connectivity index (χ3n) is 9.10. The number of para-hydroxylation sites is 2. The molecular weight excluding hydrogens is 595 g/mol. The summed E-state index contributed by atoms with van der Waals surface area (Å²) in [5, 5.41) is 12.6. The summed E-state index contributed by atoms with van der Waals surface area (Å²) < 4.78 is 0.584. The molecule has 4 fully saturated rings. The van der Waals surface area contributed by atoms with E-state index in [4.69, 9.17) is 14.9 Å². The first-order chi connectivity index (χ1) is 18.4. The monoisotopic (exact) mass is 634 g/mol. The van der Waals surface area contributed by atoms with Gasteiger partial charge in [-0.05, 0) is 98.4 Å². The number of benzene rings is 1. The summed E-state index contributed by atoms with van der Waals surface area (Å²) >= 11 is 2.07. The summed E-state index contributed by atoms with van der Waals surface area (Å²) in [5.41, 5.74) is 1.99. The molecule has 206 valence electrons. The average molecular weight is 635 g/mol. The number of rotatable bonds is 9. The van der Waals surface area contributed by atoms with E-state index in [2.05, 4.69) is 32.6 Å². The second-order valence-electron chi connectivity index (χ2n) is 11.6. The second-order valence-corrected chi connectivity index (χ2v) is 12.6. The van der Waals surface area contributed by atoms with Crippen molar-refractivity contribution in [1.29, 1.82) is 0 Å². The minimum Gasteiger partial charge on any atom is -0.479 e. The van der Waals surface area contributed by atoms with Crippen LogP contribution in [0.3, 0.4) is 0 Å². The van der Waals surface area contributed by atoms with Crippen molar-refractivity contribution in [3.05, 3.63) is 24.3 Å². The van der Waals surface area contributed by atoms with Gasteiger partial charge in [-0.2, -0.15) is 0 Å². The predicted octanol–water partition coefficient (Wildman–Crippen LogP) is 5.95. The van der Waals surface area contributed by atoms with E-state index in [0.717, 1.165) is 42.8 Å². The minimum atomic E-state index is -1.08. The van der Waals surface area contributed by atoms with E-state index >= 15 is 0 Å². The van der Waals surface area contributed by atoms with Gasteiger partial charge >= 0.3 is 5.97 Å². The quantitative estimate of drug-likeness (QED) is 0.157. The number of hydrogen-bond acceptors (Lipinski definition) is 6. The van der Waals surface area contributed by atoms with Crippen molar-refractivity contribution in [2.24, 2.45) is 22.0 Å². The predicted molar refractivity (Wildman–Crippen MR) is 158 cm³/mol. The van der Waals surface area contributed by atoms with Gasteiger partial charge in [0, 0.05) is 24.2 Å². The third kappa shape index (κ3) is 6.24. The molecule has 2 saturated carbocycles. The molecule has 1 N–H and O–H groups in total. The molecule has 2 aliphatic heterocycles. The van der Waals surface area contributed by atoms with Crippen molar-refractivity contribution in [2.75, 3.05) is 11.5 Å². The third-order valence-corrected chi connectivity index (χ3v) is 10.1. The summed E-state index contributed by atoms with van der Waals surface area (Å²) in [5.74, 6) is 0.764. The first kappa shape index (κ1) is 27.6. The molecule has 2 aliphatic carbocycles. The highest BCUT2D eigenvalue weighted by Gasteiger charge is 2.46. The Morgan fingerprint density at radius 1 is 1.05 bits per heavy atom. The second kappa shape index (κ2) is 12.4. The number of fused-ring (bicyclic) bond motifs is 4. The lowest BCUT2D eigenvalue weighted by Gasteiger charge is -2.56. The smallest absolute Gasteiger partial charge is 0.344 e. The number of halogens is 1. The lowest BCUT2D eigenvalue weighted by atomic mass is 9.68. The molecule has 4 atom stereocenters. The molecule has 5 rings (SSSR count). The van der Waals surface area contributed by atoms with Gasteiger partial charge in [0.1, 0.15) is 9.43 Å². The molecule has 9 heteroatoms. The number of aliphatic imine (C=N–C) groups is 1. The van der Waals surface area contributed by atoms with Crippen molar-refractivity contribution in [3.63, 3.8) is 0 Å². The molecule has 0 spiro atoms. The van der Waals surface area contributed by atoms with Gasteiger partial charge < -0.3 is 14.8 Å². The number of carbonyl (C=O) groups is 2. The van der Waals surface area contributed by atoms with E-state index in [0.29, 0.717) is 27.2 Å². The summed E-state index contributed by atoms with van der Waals surface area (Å²) in [6.45, 7) is 1.23. The van der Waals surface area contributed by atoms with Crippen LogP contribution >= 0.6 is 22.6 Å². The van der Waals surface area contributed by atoms with Gasteiger partial charge in [-0.25, -0.2) is 9.79 Å². The lowest BCUT2D eigenvalue weighted by molar-refractivity contribution is -0.142. The SMILES string of the molecule is C/C(=N\OCC(=O)O)C(I)=Nc1ccccc1N(C=O)C1CC2CCCC(C1)N2C1CC2CCCC(C2)C1. The maximum Gasteiger partial charge on any atom is 0.344 e. The number of anilines is 1. The van der Waals surface area contributed by atoms with Crippen LogP contribution in [0.2, 0.25) is 0 Å². The Hall–Kier alpha value is -2.01. The molecule has 2 saturated heterocycles. The van der Waals surface area contributed by atoms with Crippen LogP contribution in [0.25, 0.3) is 0 Å². The fraction of sp³-hybridized carbons (Fsp3) is 0.655. The molecular formula is C29H39IN4O4. The normalized spacial score (nSPS) is 31.9. The van der Waals surface area contributed by atoms with Gasteiger partial charge in [-0.3, -0.25) is 9.69 Å². The molecule has 4 bridgehead atoms. The van der Waals surface area contributed by atoms with Crippen LogP contribution in [0.15, 0.2) is 34.4 Å². The van der Waals surface area contributed by atoms with Crippen LogP contribution in [0, 0.1) is 11.8 Å². The summed E-state index contributed by atoms with van der Waals surface area (Å²) in [4.78, 5) is 37.7. The van der Waals surface area contributed by atoms with Gasteiger partial charge in [0.25, 0.3) is 0 Å². The molecule has 1 aromatic carbocycles. The Balaban J connectivity index is 1.33. The van der Waals surface area contributed by atoms with E-state index in [1.807, 2.05) is 29.2 Å². The number of hydrogen-bond donors (Lipinski definition) is 1. The fourth-order valence-electron chi connectivity index (χ4n) is 7.68. The van der Waals surface area contributed by atoms with E-state index in [1.54, 1.807) is 6.92 Å². The minimum absolute atomic E-state index is 0.157. The van der Waals surface area contributed by atoms with E-state index in [-0.39, 0.29) is 6.04 Å². The highest BCUT2D eigenvalue weighted by molar-refractivity contribution is 14.1. The van der Waals surface area contributed by atoms with Crippen molar-refractivity contribution in [3.8, 4) is 0 Å². The number of carboxylic acid groups (broad SMARTS) is 1. The average Bonchev–Trinajstić information content (AvgIpc) is 2.89. The van der Waals surface area contributed by atoms with Crippen molar-refractivity contribution in [2.45, 2.75) is 102 Å². The number of piperidine rings is 2. The maximum absolute atomic E-state index is 12.6. The van der Waals surface area contributed by atoms with Gasteiger partial charge in [0.05, 0.1) is 11.4 Å². The van der Waals surface area contributed by atoms with Crippen molar-refractivity contribution < 1.29 is 19.5 Å². The molecule has 1 aromatic rings. The Morgan fingerprint density at radius 2 is 1.71 bits per heavy atom. The zero-order valence-electron chi connectivity index (χ0n) is 22.2.